The lowest BCUT2D eigenvalue weighted by atomic mass is 10.1. The van der Waals surface area contributed by atoms with Crippen molar-refractivity contribution < 1.29 is 22.7 Å². The van der Waals surface area contributed by atoms with E-state index in [1.54, 1.807) is 36.8 Å². The fourth-order valence-electron chi connectivity index (χ4n) is 2.55. The minimum Gasteiger partial charge on any atom is -0.487 e. The zero-order chi connectivity index (χ0) is 20.1. The van der Waals surface area contributed by atoms with Crippen molar-refractivity contribution in [3.63, 3.8) is 0 Å². The van der Waals surface area contributed by atoms with Gasteiger partial charge in [-0.1, -0.05) is 18.2 Å². The molecular weight excluding hydrogens is 389 g/mol. The van der Waals surface area contributed by atoms with Gasteiger partial charge >= 0.3 is 6.18 Å². The number of carbonyl (C=O) groups excluding carboxylic acids is 1. The predicted molar refractivity (Wildman–Crippen MR) is 100 cm³/mol. The normalized spacial score (nSPS) is 11.3. The number of thiazole rings is 1. The van der Waals surface area contributed by atoms with Gasteiger partial charge in [0, 0.05) is 24.5 Å². The molecule has 1 heterocycles. The predicted octanol–water partition coefficient (Wildman–Crippen LogP) is 5.01. The number of alkyl halides is 3. The van der Waals surface area contributed by atoms with E-state index in [4.69, 9.17) is 4.74 Å². The van der Waals surface area contributed by atoms with E-state index in [0.29, 0.717) is 23.5 Å². The summed E-state index contributed by atoms with van der Waals surface area (Å²) in [7, 11) is 1.60. The van der Waals surface area contributed by atoms with Crippen LogP contribution in [0.4, 0.5) is 13.2 Å². The summed E-state index contributed by atoms with van der Waals surface area (Å²) in [6.45, 7) is 0.503. The van der Waals surface area contributed by atoms with Gasteiger partial charge in [-0.15, -0.1) is 11.3 Å². The van der Waals surface area contributed by atoms with Gasteiger partial charge in [0.2, 0.25) is 0 Å². The standard InChI is InChI=1S/C20H17F3N2O2S/c1-25(10-14-5-7-16(8-6-14)20(21,22)23)19(26)15-3-2-4-18(9-15)27-11-17-12-28-13-24-17/h2-9,12-13H,10-11H2,1H3. The van der Waals surface area contributed by atoms with Gasteiger partial charge in [-0.3, -0.25) is 4.79 Å². The van der Waals surface area contributed by atoms with Gasteiger partial charge in [0.15, 0.2) is 0 Å². The number of hydrogen-bond acceptors (Lipinski definition) is 4. The van der Waals surface area contributed by atoms with Gasteiger partial charge in [-0.2, -0.15) is 13.2 Å². The third-order valence-electron chi connectivity index (χ3n) is 4.00. The molecule has 0 aliphatic carbocycles. The van der Waals surface area contributed by atoms with E-state index in [1.807, 2.05) is 5.38 Å². The van der Waals surface area contributed by atoms with Crippen LogP contribution >= 0.6 is 11.3 Å². The molecule has 0 fully saturated rings. The second kappa shape index (κ2) is 8.43. The lowest BCUT2D eigenvalue weighted by molar-refractivity contribution is -0.137. The zero-order valence-corrected chi connectivity index (χ0v) is 15.8. The van der Waals surface area contributed by atoms with Crippen LogP contribution in [0.15, 0.2) is 59.4 Å². The van der Waals surface area contributed by atoms with E-state index >= 15 is 0 Å². The molecule has 0 radical (unpaired) electrons. The minimum absolute atomic E-state index is 0.195. The number of rotatable bonds is 6. The van der Waals surface area contributed by atoms with Crippen LogP contribution in [0.25, 0.3) is 0 Å². The summed E-state index contributed by atoms with van der Waals surface area (Å²) in [5.41, 5.74) is 2.86. The molecule has 0 bridgehead atoms. The first kappa shape index (κ1) is 19.9. The SMILES string of the molecule is CN(Cc1ccc(C(F)(F)F)cc1)C(=O)c1cccc(OCc2cscn2)c1. The van der Waals surface area contributed by atoms with E-state index < -0.39 is 11.7 Å². The van der Waals surface area contributed by atoms with Crippen LogP contribution in [0.1, 0.15) is 27.2 Å². The summed E-state index contributed by atoms with van der Waals surface area (Å²) in [6.07, 6.45) is -4.38. The van der Waals surface area contributed by atoms with Gasteiger partial charge in [0.1, 0.15) is 12.4 Å². The van der Waals surface area contributed by atoms with Crippen LogP contribution in [0.3, 0.4) is 0 Å². The molecule has 146 valence electrons. The Morgan fingerprint density at radius 3 is 2.57 bits per heavy atom. The number of ether oxygens (including phenoxy) is 1. The summed E-state index contributed by atoms with van der Waals surface area (Å²) in [5.74, 6) is 0.292. The Balaban J connectivity index is 1.63. The number of benzene rings is 2. The summed E-state index contributed by atoms with van der Waals surface area (Å²) in [4.78, 5) is 18.2. The van der Waals surface area contributed by atoms with Crippen LogP contribution in [0, 0.1) is 0 Å². The zero-order valence-electron chi connectivity index (χ0n) is 14.9. The van der Waals surface area contributed by atoms with Crippen LogP contribution in [-0.2, 0) is 19.3 Å². The molecule has 28 heavy (non-hydrogen) atoms. The highest BCUT2D eigenvalue weighted by molar-refractivity contribution is 7.07. The van der Waals surface area contributed by atoms with Crippen molar-refractivity contribution in [3.8, 4) is 5.75 Å². The van der Waals surface area contributed by atoms with Crippen LogP contribution < -0.4 is 4.74 Å². The van der Waals surface area contributed by atoms with E-state index in [0.717, 1.165) is 17.8 Å². The van der Waals surface area contributed by atoms with Crippen molar-refractivity contribution in [2.75, 3.05) is 7.05 Å². The molecule has 3 aromatic rings. The Hall–Kier alpha value is -2.87. The second-order valence-electron chi connectivity index (χ2n) is 6.15. The molecule has 0 aliphatic heterocycles. The highest BCUT2D eigenvalue weighted by Gasteiger charge is 2.30. The molecule has 0 saturated heterocycles. The Morgan fingerprint density at radius 1 is 1.18 bits per heavy atom. The highest BCUT2D eigenvalue weighted by Crippen LogP contribution is 2.29. The number of halogens is 3. The molecule has 4 nitrogen and oxygen atoms in total. The number of amides is 1. The Kier molecular flexibility index (Phi) is 5.99. The van der Waals surface area contributed by atoms with Gasteiger partial charge < -0.3 is 9.64 Å². The van der Waals surface area contributed by atoms with Crippen LogP contribution in [-0.4, -0.2) is 22.8 Å². The maximum absolute atomic E-state index is 12.6. The maximum Gasteiger partial charge on any atom is 0.416 e. The Morgan fingerprint density at radius 2 is 1.93 bits per heavy atom. The van der Waals surface area contributed by atoms with Gasteiger partial charge in [0.05, 0.1) is 16.8 Å². The molecule has 0 saturated carbocycles. The van der Waals surface area contributed by atoms with E-state index in [1.165, 1.54) is 28.4 Å². The largest absolute Gasteiger partial charge is 0.487 e. The molecule has 0 aliphatic rings. The maximum atomic E-state index is 12.6. The van der Waals surface area contributed by atoms with Gasteiger partial charge in [-0.25, -0.2) is 4.98 Å². The molecule has 1 amide bonds. The first-order valence-corrected chi connectivity index (χ1v) is 9.29. The third kappa shape index (κ3) is 5.10. The van der Waals surface area contributed by atoms with Crippen molar-refractivity contribution in [3.05, 3.63) is 81.8 Å². The first-order chi connectivity index (χ1) is 13.3. The van der Waals surface area contributed by atoms with E-state index in [-0.39, 0.29) is 12.5 Å². The number of nitrogens with zero attached hydrogens (tertiary/aromatic N) is 2. The average Bonchev–Trinajstić information content (AvgIpc) is 3.19. The van der Waals surface area contributed by atoms with Crippen molar-refractivity contribution in [2.24, 2.45) is 0 Å². The lowest BCUT2D eigenvalue weighted by Crippen LogP contribution is -2.26. The van der Waals surface area contributed by atoms with Crippen LogP contribution in [0.5, 0.6) is 5.75 Å². The highest BCUT2D eigenvalue weighted by atomic mass is 32.1. The van der Waals surface area contributed by atoms with Crippen LogP contribution in [0.2, 0.25) is 0 Å². The summed E-state index contributed by atoms with van der Waals surface area (Å²) < 4.78 is 43.6. The molecule has 2 aromatic carbocycles. The summed E-state index contributed by atoms with van der Waals surface area (Å²) >= 11 is 1.48. The number of carbonyl (C=O) groups is 1. The molecule has 3 rings (SSSR count). The van der Waals surface area contributed by atoms with E-state index in [2.05, 4.69) is 4.98 Å². The average molecular weight is 406 g/mol. The molecule has 1 aromatic heterocycles. The molecule has 0 atom stereocenters. The smallest absolute Gasteiger partial charge is 0.416 e. The fourth-order valence-corrected chi connectivity index (χ4v) is 3.09. The van der Waals surface area contributed by atoms with Crippen molar-refractivity contribution in [1.82, 2.24) is 9.88 Å². The van der Waals surface area contributed by atoms with Gasteiger partial charge in [0.25, 0.3) is 5.91 Å². The monoisotopic (exact) mass is 406 g/mol. The minimum atomic E-state index is -4.38. The topological polar surface area (TPSA) is 42.4 Å². The molecule has 0 N–H and O–H groups in total. The quantitative estimate of drug-likeness (QED) is 0.578. The Labute approximate surface area is 164 Å². The molecular formula is C20H17F3N2O2S. The number of hydrogen-bond donors (Lipinski definition) is 0. The molecule has 0 unspecified atom stereocenters. The third-order valence-corrected chi connectivity index (χ3v) is 4.63. The first-order valence-electron chi connectivity index (χ1n) is 8.34. The lowest BCUT2D eigenvalue weighted by Gasteiger charge is -2.18. The summed E-state index contributed by atoms with van der Waals surface area (Å²) in [5, 5.41) is 1.88. The molecule has 8 heteroatoms. The summed E-state index contributed by atoms with van der Waals surface area (Å²) in [6, 6.07) is 11.6. The number of aromatic nitrogens is 1. The van der Waals surface area contributed by atoms with E-state index in [9.17, 15) is 18.0 Å². The van der Waals surface area contributed by atoms with Crippen molar-refractivity contribution in [1.29, 1.82) is 0 Å². The Bertz CT molecular complexity index is 925. The van der Waals surface area contributed by atoms with Crippen molar-refractivity contribution in [2.45, 2.75) is 19.3 Å². The molecule has 0 spiro atoms. The second-order valence-corrected chi connectivity index (χ2v) is 6.87. The van der Waals surface area contributed by atoms with Gasteiger partial charge in [-0.05, 0) is 35.9 Å². The van der Waals surface area contributed by atoms with Crippen molar-refractivity contribution >= 4 is 17.2 Å². The fraction of sp³-hybridized carbons (Fsp3) is 0.200.